The zero-order chi connectivity index (χ0) is 11.6. The minimum atomic E-state index is -1.27. The van der Waals surface area contributed by atoms with E-state index in [2.05, 4.69) is 15.3 Å². The molecule has 0 aliphatic carbocycles. The molecule has 86 valence electrons. The summed E-state index contributed by atoms with van der Waals surface area (Å²) in [5.74, 6) is 0.466. The average Bonchev–Trinajstić information content (AvgIpc) is 2.34. The van der Waals surface area contributed by atoms with Gasteiger partial charge in [-0.1, -0.05) is 0 Å². The third-order valence-corrected chi connectivity index (χ3v) is 4.36. The molecule has 1 heterocycles. The van der Waals surface area contributed by atoms with Crippen LogP contribution in [0.3, 0.4) is 0 Å². The first-order valence-corrected chi connectivity index (χ1v) is 6.94. The van der Waals surface area contributed by atoms with E-state index in [-0.39, 0.29) is 5.91 Å². The molecule has 0 saturated carbocycles. The molecular weight excluding hydrogens is 218 g/mol. The zero-order valence-electron chi connectivity index (χ0n) is 9.23. The van der Waals surface area contributed by atoms with E-state index in [1.165, 1.54) is 11.9 Å². The maximum Gasteiger partial charge on any atom is 0.433 e. The molecule has 0 aromatic heterocycles. The second-order valence-corrected chi connectivity index (χ2v) is 7.37. The fourth-order valence-electron chi connectivity index (χ4n) is 1.24. The molecular formula is C8H15N3O3S. The molecule has 7 heteroatoms. The van der Waals surface area contributed by atoms with E-state index in [9.17, 15) is 9.59 Å². The minimum Gasteiger partial charge on any atom is -0.323 e. The van der Waals surface area contributed by atoms with Gasteiger partial charge in [-0.25, -0.2) is 4.79 Å². The van der Waals surface area contributed by atoms with Crippen LogP contribution in [0.15, 0.2) is 5.16 Å². The second kappa shape index (κ2) is 4.09. The van der Waals surface area contributed by atoms with Crippen LogP contribution in [0.4, 0.5) is 4.79 Å². The molecule has 1 fully saturated rings. The van der Waals surface area contributed by atoms with Crippen molar-refractivity contribution in [3.05, 3.63) is 0 Å². The first kappa shape index (κ1) is 11.8. The number of carbonyl (C=O) groups is 2. The smallest absolute Gasteiger partial charge is 0.323 e. The van der Waals surface area contributed by atoms with Crippen LogP contribution in [-0.2, 0) is 9.63 Å². The number of amides is 2. The number of oxime groups is 1. The normalized spacial score (nSPS) is 24.1. The van der Waals surface area contributed by atoms with Crippen molar-refractivity contribution < 1.29 is 14.4 Å². The van der Waals surface area contributed by atoms with Gasteiger partial charge in [-0.05, 0) is 17.7 Å². The summed E-state index contributed by atoms with van der Waals surface area (Å²) in [7, 11) is 1.82. The van der Waals surface area contributed by atoms with Gasteiger partial charge in [-0.3, -0.25) is 14.5 Å². The number of nitrogens with one attached hydrogen (secondary N) is 1. The van der Waals surface area contributed by atoms with Crippen LogP contribution in [0.2, 0.25) is 0 Å². The highest BCUT2D eigenvalue weighted by Crippen LogP contribution is 2.47. The quantitative estimate of drug-likeness (QED) is 0.517. The maximum absolute atomic E-state index is 11.4. The Hall–Kier alpha value is -1.24. The largest absolute Gasteiger partial charge is 0.433 e. The lowest BCUT2D eigenvalue weighted by Crippen LogP contribution is -2.27. The molecule has 2 amide bonds. The van der Waals surface area contributed by atoms with Crippen molar-refractivity contribution >= 4 is 27.2 Å². The molecule has 1 N–H and O–H groups in total. The second-order valence-electron chi connectivity index (χ2n) is 3.64. The highest BCUT2D eigenvalue weighted by Gasteiger charge is 2.37. The van der Waals surface area contributed by atoms with Gasteiger partial charge in [0.2, 0.25) is 5.91 Å². The van der Waals surface area contributed by atoms with Gasteiger partial charge in [-0.15, -0.1) is 0 Å². The SMILES string of the molecule is CNC(=O)O/N=C1\N(C)C(=O)CS1(C)C. The summed E-state index contributed by atoms with van der Waals surface area (Å²) in [6.45, 7) is 0. The number of hydrogen-bond acceptors (Lipinski definition) is 4. The fourth-order valence-corrected chi connectivity index (χ4v) is 3.26. The lowest BCUT2D eigenvalue weighted by molar-refractivity contribution is -0.123. The standard InChI is InChI=1S/C8H15N3O3S/c1-9-8(13)14-10-7-11(2)6(12)5-15(7,3)4/h5H2,1-4H3,(H,9,13)/b10-7+. The monoisotopic (exact) mass is 233 g/mol. The van der Waals surface area contributed by atoms with Gasteiger partial charge in [-0.2, -0.15) is 10.0 Å². The van der Waals surface area contributed by atoms with E-state index in [1.54, 1.807) is 7.05 Å². The molecule has 0 spiro atoms. The minimum absolute atomic E-state index is 0.00857. The highest BCUT2D eigenvalue weighted by molar-refractivity contribution is 8.45. The molecule has 0 unspecified atom stereocenters. The number of rotatable bonds is 1. The Morgan fingerprint density at radius 3 is 2.60 bits per heavy atom. The Bertz CT molecular complexity index is 327. The van der Waals surface area contributed by atoms with Crippen molar-refractivity contribution in [1.82, 2.24) is 10.2 Å². The van der Waals surface area contributed by atoms with Crippen LogP contribution in [0.5, 0.6) is 0 Å². The van der Waals surface area contributed by atoms with Gasteiger partial charge < -0.3 is 5.32 Å². The Balaban J connectivity index is 2.83. The molecule has 0 aromatic carbocycles. The Labute approximate surface area is 89.9 Å². The first-order valence-electron chi connectivity index (χ1n) is 4.33. The van der Waals surface area contributed by atoms with Crippen molar-refractivity contribution in [2.24, 2.45) is 5.16 Å². The summed E-state index contributed by atoms with van der Waals surface area (Å²) in [4.78, 5) is 28.3. The van der Waals surface area contributed by atoms with Crippen LogP contribution in [-0.4, -0.2) is 54.4 Å². The molecule has 0 bridgehead atoms. The summed E-state index contributed by atoms with van der Waals surface area (Å²) in [6.07, 6.45) is 3.28. The fraction of sp³-hybridized carbons (Fsp3) is 0.625. The predicted molar refractivity (Wildman–Crippen MR) is 60.1 cm³/mol. The lowest BCUT2D eigenvalue weighted by atomic mass is 10.6. The Kier molecular flexibility index (Phi) is 3.23. The van der Waals surface area contributed by atoms with Gasteiger partial charge >= 0.3 is 6.09 Å². The molecule has 6 nitrogen and oxygen atoms in total. The lowest BCUT2D eigenvalue weighted by Gasteiger charge is -2.23. The van der Waals surface area contributed by atoms with Crippen LogP contribution in [0, 0.1) is 0 Å². The van der Waals surface area contributed by atoms with E-state index < -0.39 is 16.1 Å². The van der Waals surface area contributed by atoms with Crippen molar-refractivity contribution in [2.75, 3.05) is 32.4 Å². The third kappa shape index (κ3) is 2.41. The summed E-state index contributed by atoms with van der Waals surface area (Å²) in [5.41, 5.74) is 0. The summed E-state index contributed by atoms with van der Waals surface area (Å²) >= 11 is 0. The van der Waals surface area contributed by atoms with Crippen molar-refractivity contribution in [2.45, 2.75) is 0 Å². The summed E-state index contributed by atoms with van der Waals surface area (Å²) < 4.78 is 0. The average molecular weight is 233 g/mol. The molecule has 1 saturated heterocycles. The van der Waals surface area contributed by atoms with E-state index in [4.69, 9.17) is 0 Å². The third-order valence-electron chi connectivity index (χ3n) is 2.05. The van der Waals surface area contributed by atoms with Gasteiger partial charge in [0.05, 0.1) is 5.75 Å². The molecule has 1 aliphatic heterocycles. The van der Waals surface area contributed by atoms with Crippen LogP contribution >= 0.6 is 10.0 Å². The van der Waals surface area contributed by atoms with Crippen LogP contribution < -0.4 is 5.32 Å². The van der Waals surface area contributed by atoms with Crippen LogP contribution in [0.1, 0.15) is 0 Å². The maximum atomic E-state index is 11.4. The van der Waals surface area contributed by atoms with Crippen molar-refractivity contribution in [1.29, 1.82) is 0 Å². The Morgan fingerprint density at radius 2 is 2.20 bits per heavy atom. The Morgan fingerprint density at radius 1 is 1.60 bits per heavy atom. The number of carbonyl (C=O) groups excluding carboxylic acids is 2. The van der Waals surface area contributed by atoms with Gasteiger partial charge in [0, 0.05) is 14.1 Å². The van der Waals surface area contributed by atoms with Crippen LogP contribution in [0.25, 0.3) is 0 Å². The van der Waals surface area contributed by atoms with E-state index >= 15 is 0 Å². The topological polar surface area (TPSA) is 71.0 Å². The zero-order valence-corrected chi connectivity index (χ0v) is 10.1. The van der Waals surface area contributed by atoms with E-state index in [0.29, 0.717) is 10.9 Å². The molecule has 0 radical (unpaired) electrons. The number of amidine groups is 1. The van der Waals surface area contributed by atoms with Gasteiger partial charge in [0.25, 0.3) is 0 Å². The summed E-state index contributed by atoms with van der Waals surface area (Å²) in [5, 5.41) is 6.56. The van der Waals surface area contributed by atoms with Crippen molar-refractivity contribution in [3.8, 4) is 0 Å². The van der Waals surface area contributed by atoms with E-state index in [0.717, 1.165) is 0 Å². The first-order chi connectivity index (χ1) is 6.88. The summed E-state index contributed by atoms with van der Waals surface area (Å²) in [6, 6.07) is 0. The van der Waals surface area contributed by atoms with E-state index in [1.807, 2.05) is 12.5 Å². The van der Waals surface area contributed by atoms with Gasteiger partial charge in [0.1, 0.15) is 0 Å². The number of hydrogen-bond donors (Lipinski definition) is 1. The van der Waals surface area contributed by atoms with Crippen molar-refractivity contribution in [3.63, 3.8) is 0 Å². The molecule has 0 aromatic rings. The molecule has 15 heavy (non-hydrogen) atoms. The highest BCUT2D eigenvalue weighted by atomic mass is 32.3. The predicted octanol–water partition coefficient (Wildman–Crippen LogP) is 0.150. The number of nitrogens with zero attached hydrogens (tertiary/aromatic N) is 2. The molecule has 1 rings (SSSR count). The van der Waals surface area contributed by atoms with Gasteiger partial charge in [0.15, 0.2) is 5.17 Å². The molecule has 1 aliphatic rings. The molecule has 0 atom stereocenters.